The number of nitrogens with zero attached hydrogens (tertiary/aromatic N) is 1. The van der Waals surface area contributed by atoms with Crippen molar-refractivity contribution in [3.63, 3.8) is 0 Å². The molecule has 0 amide bonds. The zero-order chi connectivity index (χ0) is 14.0. The molecule has 1 heterocycles. The van der Waals surface area contributed by atoms with Crippen molar-refractivity contribution in [1.29, 1.82) is 0 Å². The van der Waals surface area contributed by atoms with E-state index in [9.17, 15) is 0 Å². The number of rotatable bonds is 3. The second-order valence-electron chi connectivity index (χ2n) is 4.85. The summed E-state index contributed by atoms with van der Waals surface area (Å²) in [6.07, 6.45) is 1.84. The smallest absolute Gasteiger partial charge is 0.222 e. The van der Waals surface area contributed by atoms with Gasteiger partial charge in [-0.1, -0.05) is 28.1 Å². The molecular formula is C16H18BrNO. The lowest BCUT2D eigenvalue weighted by atomic mass is 10.1. The van der Waals surface area contributed by atoms with Crippen LogP contribution in [0.1, 0.15) is 27.8 Å². The summed E-state index contributed by atoms with van der Waals surface area (Å²) in [6.45, 7) is 8.26. The first-order valence-electron chi connectivity index (χ1n) is 6.29. The fraction of sp³-hybridized carbons (Fsp3) is 0.312. The van der Waals surface area contributed by atoms with Gasteiger partial charge in [0.1, 0.15) is 5.75 Å². The number of benzene rings is 1. The molecule has 0 unspecified atom stereocenters. The highest BCUT2D eigenvalue weighted by atomic mass is 79.9. The van der Waals surface area contributed by atoms with Crippen LogP contribution in [0.4, 0.5) is 0 Å². The quantitative estimate of drug-likeness (QED) is 0.742. The minimum absolute atomic E-state index is 0.682. The van der Waals surface area contributed by atoms with Gasteiger partial charge in [0.15, 0.2) is 0 Å². The fourth-order valence-corrected chi connectivity index (χ4v) is 2.29. The summed E-state index contributed by atoms with van der Waals surface area (Å²) in [4.78, 5) is 4.40. The molecule has 2 nitrogen and oxygen atoms in total. The van der Waals surface area contributed by atoms with Crippen LogP contribution in [0, 0.1) is 27.7 Å². The van der Waals surface area contributed by atoms with Crippen LogP contribution in [0.3, 0.4) is 0 Å². The van der Waals surface area contributed by atoms with Gasteiger partial charge < -0.3 is 4.74 Å². The Kier molecular flexibility index (Phi) is 4.25. The second-order valence-corrected chi connectivity index (χ2v) is 5.42. The number of alkyl halides is 1. The van der Waals surface area contributed by atoms with Gasteiger partial charge in [0, 0.05) is 17.1 Å². The summed E-state index contributed by atoms with van der Waals surface area (Å²) in [5, 5.41) is 0.809. The van der Waals surface area contributed by atoms with Crippen molar-refractivity contribution in [3.8, 4) is 11.6 Å². The van der Waals surface area contributed by atoms with Gasteiger partial charge in [-0.2, -0.15) is 0 Å². The number of aryl methyl sites for hydroxylation is 3. The van der Waals surface area contributed by atoms with Crippen molar-refractivity contribution in [1.82, 2.24) is 4.98 Å². The van der Waals surface area contributed by atoms with Gasteiger partial charge in [0.05, 0.1) is 0 Å². The molecule has 0 aliphatic carbocycles. The molecule has 0 N–H and O–H groups in total. The predicted octanol–water partition coefficient (Wildman–Crippen LogP) is 5.00. The number of hydrogen-bond acceptors (Lipinski definition) is 2. The standard InChI is InChI=1S/C16H18BrNO/c1-10-5-6-11(2)15(13(10)4)19-16-12(3)7-14(8-17)9-18-16/h5-7,9H,8H2,1-4H3. The summed E-state index contributed by atoms with van der Waals surface area (Å²) in [7, 11) is 0. The normalized spacial score (nSPS) is 10.6. The highest BCUT2D eigenvalue weighted by Crippen LogP contribution is 2.31. The first-order valence-corrected chi connectivity index (χ1v) is 7.41. The van der Waals surface area contributed by atoms with E-state index in [0.717, 1.165) is 27.8 Å². The van der Waals surface area contributed by atoms with E-state index < -0.39 is 0 Å². The molecule has 0 aliphatic heterocycles. The largest absolute Gasteiger partial charge is 0.438 e. The average Bonchev–Trinajstić information content (AvgIpc) is 2.40. The SMILES string of the molecule is Cc1cc(CBr)cnc1Oc1c(C)ccc(C)c1C. The molecule has 0 aliphatic rings. The van der Waals surface area contributed by atoms with Crippen LogP contribution >= 0.6 is 15.9 Å². The lowest BCUT2D eigenvalue weighted by Crippen LogP contribution is -1.97. The fourth-order valence-electron chi connectivity index (χ4n) is 1.98. The number of ether oxygens (including phenoxy) is 1. The van der Waals surface area contributed by atoms with Gasteiger partial charge in [0.2, 0.25) is 5.88 Å². The molecule has 1 aromatic carbocycles. The van der Waals surface area contributed by atoms with E-state index in [4.69, 9.17) is 4.74 Å². The van der Waals surface area contributed by atoms with Crippen molar-refractivity contribution in [3.05, 3.63) is 52.2 Å². The van der Waals surface area contributed by atoms with Crippen molar-refractivity contribution in [2.75, 3.05) is 0 Å². The highest BCUT2D eigenvalue weighted by molar-refractivity contribution is 9.08. The Hall–Kier alpha value is -1.35. The Morgan fingerprint density at radius 1 is 1.05 bits per heavy atom. The van der Waals surface area contributed by atoms with Crippen LogP contribution in [-0.4, -0.2) is 4.98 Å². The van der Waals surface area contributed by atoms with Gasteiger partial charge in [-0.05, 0) is 56.0 Å². The Morgan fingerprint density at radius 2 is 1.74 bits per heavy atom. The van der Waals surface area contributed by atoms with E-state index in [1.807, 2.05) is 13.1 Å². The second kappa shape index (κ2) is 5.74. The summed E-state index contributed by atoms with van der Waals surface area (Å²) < 4.78 is 6.02. The van der Waals surface area contributed by atoms with E-state index in [0.29, 0.717) is 5.88 Å². The topological polar surface area (TPSA) is 22.1 Å². The number of halogens is 1. The Balaban J connectivity index is 2.39. The third-order valence-corrected chi connectivity index (χ3v) is 3.96. The van der Waals surface area contributed by atoms with Crippen LogP contribution < -0.4 is 4.74 Å². The van der Waals surface area contributed by atoms with E-state index in [-0.39, 0.29) is 0 Å². The Bertz CT molecular complexity index is 608. The van der Waals surface area contributed by atoms with Crippen LogP contribution in [0.25, 0.3) is 0 Å². The number of aromatic nitrogens is 1. The summed E-state index contributed by atoms with van der Waals surface area (Å²) in [5.41, 5.74) is 5.75. The molecule has 100 valence electrons. The minimum atomic E-state index is 0.682. The molecule has 19 heavy (non-hydrogen) atoms. The molecule has 1 aromatic heterocycles. The van der Waals surface area contributed by atoms with Gasteiger partial charge in [-0.25, -0.2) is 4.98 Å². The zero-order valence-electron chi connectivity index (χ0n) is 11.7. The average molecular weight is 320 g/mol. The maximum absolute atomic E-state index is 6.02. The van der Waals surface area contributed by atoms with Gasteiger partial charge in [-0.3, -0.25) is 0 Å². The maximum Gasteiger partial charge on any atom is 0.222 e. The molecule has 0 bridgehead atoms. The van der Waals surface area contributed by atoms with Crippen molar-refractivity contribution in [2.24, 2.45) is 0 Å². The predicted molar refractivity (Wildman–Crippen MR) is 82.3 cm³/mol. The third kappa shape index (κ3) is 2.98. The van der Waals surface area contributed by atoms with Crippen LogP contribution in [-0.2, 0) is 5.33 Å². The molecule has 0 atom stereocenters. The zero-order valence-corrected chi connectivity index (χ0v) is 13.3. The lowest BCUT2D eigenvalue weighted by molar-refractivity contribution is 0.451. The van der Waals surface area contributed by atoms with E-state index >= 15 is 0 Å². The molecule has 0 fully saturated rings. The third-order valence-electron chi connectivity index (χ3n) is 3.31. The Morgan fingerprint density at radius 3 is 2.37 bits per heavy atom. The number of hydrogen-bond donors (Lipinski definition) is 0. The van der Waals surface area contributed by atoms with Crippen molar-refractivity contribution in [2.45, 2.75) is 33.0 Å². The van der Waals surface area contributed by atoms with Crippen molar-refractivity contribution >= 4 is 15.9 Å². The molecular weight excluding hydrogens is 302 g/mol. The summed E-state index contributed by atoms with van der Waals surface area (Å²) >= 11 is 3.43. The summed E-state index contributed by atoms with van der Waals surface area (Å²) in [6, 6.07) is 6.29. The minimum Gasteiger partial charge on any atom is -0.438 e. The summed E-state index contributed by atoms with van der Waals surface area (Å²) in [5.74, 6) is 1.60. The van der Waals surface area contributed by atoms with Crippen molar-refractivity contribution < 1.29 is 4.74 Å². The van der Waals surface area contributed by atoms with Gasteiger partial charge in [-0.15, -0.1) is 0 Å². The highest BCUT2D eigenvalue weighted by Gasteiger charge is 2.10. The van der Waals surface area contributed by atoms with E-state index in [1.165, 1.54) is 11.1 Å². The molecule has 3 heteroatoms. The van der Waals surface area contributed by atoms with Crippen LogP contribution in [0.15, 0.2) is 24.4 Å². The van der Waals surface area contributed by atoms with Crippen LogP contribution in [0.2, 0.25) is 0 Å². The molecule has 0 saturated heterocycles. The first kappa shape index (κ1) is 14.1. The number of pyridine rings is 1. The molecule has 2 rings (SSSR count). The van der Waals surface area contributed by atoms with E-state index in [1.54, 1.807) is 0 Å². The first-order chi connectivity index (χ1) is 9.02. The lowest BCUT2D eigenvalue weighted by Gasteiger charge is -2.14. The molecule has 0 radical (unpaired) electrons. The van der Waals surface area contributed by atoms with E-state index in [2.05, 4.69) is 59.9 Å². The van der Waals surface area contributed by atoms with Gasteiger partial charge in [0.25, 0.3) is 0 Å². The maximum atomic E-state index is 6.02. The monoisotopic (exact) mass is 319 g/mol. The molecule has 0 spiro atoms. The molecule has 0 saturated carbocycles. The molecule has 2 aromatic rings. The van der Waals surface area contributed by atoms with Crippen LogP contribution in [0.5, 0.6) is 11.6 Å². The Labute approximate surface area is 123 Å². The van der Waals surface area contributed by atoms with Gasteiger partial charge >= 0.3 is 0 Å².